The Bertz CT molecular complexity index is 1220. The van der Waals surface area contributed by atoms with Crippen LogP contribution in [0.25, 0.3) is 0 Å². The largest absolute Gasteiger partial charge is 0.425 e. The summed E-state index contributed by atoms with van der Waals surface area (Å²) in [6, 6.07) is 16.0. The first-order valence-corrected chi connectivity index (χ1v) is 11.7. The normalized spacial score (nSPS) is 21.0. The second-order valence-corrected chi connectivity index (χ2v) is 10.3. The summed E-state index contributed by atoms with van der Waals surface area (Å²) in [4.78, 5) is -0.0761. The first-order valence-electron chi connectivity index (χ1n) is 10.2. The van der Waals surface area contributed by atoms with Gasteiger partial charge in [0, 0.05) is 6.54 Å². The van der Waals surface area contributed by atoms with Gasteiger partial charge in [0.05, 0.1) is 4.90 Å². The predicted molar refractivity (Wildman–Crippen MR) is 115 cm³/mol. The van der Waals surface area contributed by atoms with Gasteiger partial charge in [-0.2, -0.15) is 13.2 Å². The molecule has 0 amide bonds. The van der Waals surface area contributed by atoms with Gasteiger partial charge in [-0.3, -0.25) is 0 Å². The number of alkyl halides is 3. The summed E-state index contributed by atoms with van der Waals surface area (Å²) < 4.78 is 81.0. The fourth-order valence-corrected chi connectivity index (χ4v) is 6.38. The number of sulfone groups is 1. The maximum absolute atomic E-state index is 14.0. The fourth-order valence-electron chi connectivity index (χ4n) is 4.33. The maximum Gasteiger partial charge on any atom is 0.425 e. The van der Waals surface area contributed by atoms with Crippen molar-refractivity contribution in [2.45, 2.75) is 27.8 Å². The molecule has 2 N–H and O–H groups in total. The summed E-state index contributed by atoms with van der Waals surface area (Å²) in [5, 5.41) is 13.8. The van der Waals surface area contributed by atoms with E-state index in [4.69, 9.17) is 0 Å². The summed E-state index contributed by atoms with van der Waals surface area (Å²) in [5.74, 6) is -0.579. The van der Waals surface area contributed by atoms with Gasteiger partial charge in [-0.05, 0) is 53.9 Å². The topological polar surface area (TPSA) is 66.4 Å². The van der Waals surface area contributed by atoms with Gasteiger partial charge in [0.15, 0.2) is 9.84 Å². The molecular weight excluding hydrogens is 458 g/mol. The highest BCUT2D eigenvalue weighted by Gasteiger charge is 2.56. The van der Waals surface area contributed by atoms with Crippen molar-refractivity contribution in [3.63, 3.8) is 0 Å². The van der Waals surface area contributed by atoms with Crippen molar-refractivity contribution < 1.29 is 31.1 Å². The van der Waals surface area contributed by atoms with E-state index < -0.39 is 37.7 Å². The van der Waals surface area contributed by atoms with Crippen LogP contribution in [-0.4, -0.2) is 32.8 Å². The Morgan fingerprint density at radius 3 is 1.94 bits per heavy atom. The van der Waals surface area contributed by atoms with E-state index >= 15 is 0 Å². The van der Waals surface area contributed by atoms with E-state index in [0.717, 1.165) is 24.3 Å². The van der Waals surface area contributed by atoms with E-state index in [1.54, 1.807) is 6.07 Å². The highest BCUT2D eigenvalue weighted by molar-refractivity contribution is 7.92. The van der Waals surface area contributed by atoms with Crippen molar-refractivity contribution in [3.8, 4) is 0 Å². The molecule has 9 heteroatoms. The highest BCUT2D eigenvalue weighted by Crippen LogP contribution is 2.46. The van der Waals surface area contributed by atoms with Crippen molar-refractivity contribution in [2.24, 2.45) is 0 Å². The van der Waals surface area contributed by atoms with E-state index in [-0.39, 0.29) is 29.0 Å². The van der Waals surface area contributed by atoms with Crippen LogP contribution in [0.3, 0.4) is 0 Å². The van der Waals surface area contributed by atoms with E-state index in [1.165, 1.54) is 48.5 Å². The molecule has 0 radical (unpaired) electrons. The zero-order chi connectivity index (χ0) is 23.9. The smallest absolute Gasteiger partial charge is 0.372 e. The highest BCUT2D eigenvalue weighted by atomic mass is 32.2. The third-order valence-electron chi connectivity index (χ3n) is 6.19. The standard InChI is InChI=1S/C24H21F4NO3S/c25-20-10-12-21(13-11-20)33(31,32)22(14-15-29-16-22)17-6-8-19(9-7-17)23(30,24(26,27)28)18-4-2-1-3-5-18/h1-13,29-30H,14-16H2. The molecule has 0 aliphatic carbocycles. The minimum Gasteiger partial charge on any atom is -0.372 e. The van der Waals surface area contributed by atoms with Gasteiger partial charge < -0.3 is 10.4 Å². The van der Waals surface area contributed by atoms with Crippen LogP contribution in [0.5, 0.6) is 0 Å². The Kier molecular flexibility index (Phi) is 5.84. The van der Waals surface area contributed by atoms with Gasteiger partial charge in [0.25, 0.3) is 0 Å². The Morgan fingerprint density at radius 2 is 1.42 bits per heavy atom. The van der Waals surface area contributed by atoms with Gasteiger partial charge in [-0.25, -0.2) is 12.8 Å². The van der Waals surface area contributed by atoms with Crippen LogP contribution < -0.4 is 5.32 Å². The average Bonchev–Trinajstić information content (AvgIpc) is 3.31. The van der Waals surface area contributed by atoms with E-state index in [9.17, 15) is 31.1 Å². The lowest BCUT2D eigenvalue weighted by Gasteiger charge is -2.33. The number of halogens is 4. The lowest BCUT2D eigenvalue weighted by Crippen LogP contribution is -2.43. The Labute approximate surface area is 188 Å². The number of rotatable bonds is 5. The zero-order valence-corrected chi connectivity index (χ0v) is 18.1. The van der Waals surface area contributed by atoms with Crippen molar-refractivity contribution in [1.82, 2.24) is 5.32 Å². The van der Waals surface area contributed by atoms with Gasteiger partial charge in [0.2, 0.25) is 5.60 Å². The number of aliphatic hydroxyl groups is 1. The van der Waals surface area contributed by atoms with Crippen molar-refractivity contribution in [3.05, 3.63) is 101 Å². The quantitative estimate of drug-likeness (QED) is 0.423. The average molecular weight is 479 g/mol. The fraction of sp³-hybridized carbons (Fsp3) is 0.250. The molecule has 0 aromatic heterocycles. The van der Waals surface area contributed by atoms with Crippen molar-refractivity contribution >= 4 is 9.84 Å². The first kappa shape index (κ1) is 23.4. The maximum atomic E-state index is 14.0. The molecule has 1 saturated heterocycles. The third kappa shape index (κ3) is 3.74. The molecule has 3 aromatic rings. The summed E-state index contributed by atoms with van der Waals surface area (Å²) in [5.41, 5.74) is -3.74. The monoisotopic (exact) mass is 479 g/mol. The lowest BCUT2D eigenvalue weighted by molar-refractivity contribution is -0.248. The third-order valence-corrected chi connectivity index (χ3v) is 8.69. The van der Waals surface area contributed by atoms with Crippen molar-refractivity contribution in [1.29, 1.82) is 0 Å². The van der Waals surface area contributed by atoms with Crippen LogP contribution in [0.2, 0.25) is 0 Å². The Morgan fingerprint density at radius 1 is 0.848 bits per heavy atom. The Balaban J connectivity index is 1.81. The molecule has 2 unspecified atom stereocenters. The van der Waals surface area contributed by atoms with Crippen molar-refractivity contribution in [2.75, 3.05) is 13.1 Å². The molecule has 0 saturated carbocycles. The van der Waals surface area contributed by atoms with Crippen LogP contribution in [0.1, 0.15) is 23.1 Å². The predicted octanol–water partition coefficient (Wildman–Crippen LogP) is 4.29. The van der Waals surface area contributed by atoms with Crippen LogP contribution in [0.15, 0.2) is 83.8 Å². The molecule has 1 fully saturated rings. The number of hydrogen-bond acceptors (Lipinski definition) is 4. The molecule has 4 nitrogen and oxygen atoms in total. The number of benzene rings is 3. The van der Waals surface area contributed by atoms with E-state index in [0.29, 0.717) is 6.54 Å². The molecular formula is C24H21F4NO3S. The lowest BCUT2D eigenvalue weighted by atomic mass is 9.84. The molecule has 0 spiro atoms. The second-order valence-electron chi connectivity index (χ2n) is 8.03. The first-order chi connectivity index (χ1) is 15.5. The van der Waals surface area contributed by atoms with Crippen LogP contribution in [0, 0.1) is 5.82 Å². The second kappa shape index (κ2) is 8.23. The van der Waals surface area contributed by atoms with Gasteiger partial charge >= 0.3 is 6.18 Å². The molecule has 1 heterocycles. The molecule has 2 atom stereocenters. The molecule has 3 aromatic carbocycles. The Hall–Kier alpha value is -2.75. The molecule has 1 aliphatic rings. The van der Waals surface area contributed by atoms with Gasteiger partial charge in [0.1, 0.15) is 10.6 Å². The van der Waals surface area contributed by atoms with Gasteiger partial charge in [-0.15, -0.1) is 0 Å². The SMILES string of the molecule is O=S(=O)(c1ccc(F)cc1)C1(c2ccc(C(O)(c3ccccc3)C(F)(F)F)cc2)CCNC1. The summed E-state index contributed by atoms with van der Waals surface area (Å²) in [6.45, 7) is 0.437. The summed E-state index contributed by atoms with van der Waals surface area (Å²) in [6.07, 6.45) is -4.82. The van der Waals surface area contributed by atoms with E-state index in [2.05, 4.69) is 5.32 Å². The van der Waals surface area contributed by atoms with Crippen LogP contribution in [-0.2, 0) is 20.2 Å². The van der Waals surface area contributed by atoms with Crippen LogP contribution in [0.4, 0.5) is 17.6 Å². The van der Waals surface area contributed by atoms with E-state index in [1.807, 2.05) is 0 Å². The molecule has 174 valence electrons. The molecule has 33 heavy (non-hydrogen) atoms. The molecule has 4 rings (SSSR count). The number of hydrogen-bond donors (Lipinski definition) is 2. The minimum atomic E-state index is -5.01. The summed E-state index contributed by atoms with van der Waals surface area (Å²) in [7, 11) is -4.01. The van der Waals surface area contributed by atoms with Crippen LogP contribution >= 0.6 is 0 Å². The zero-order valence-electron chi connectivity index (χ0n) is 17.3. The molecule has 1 aliphatic heterocycles. The number of nitrogens with one attached hydrogen (secondary N) is 1. The molecule has 0 bridgehead atoms. The van der Waals surface area contributed by atoms with Gasteiger partial charge in [-0.1, -0.05) is 54.6 Å². The minimum absolute atomic E-state index is 0.0499. The summed E-state index contributed by atoms with van der Waals surface area (Å²) >= 11 is 0.